The van der Waals surface area contributed by atoms with Gasteiger partial charge in [-0.15, -0.1) is 0 Å². The Morgan fingerprint density at radius 2 is 2.29 bits per heavy atom. The fourth-order valence-electron chi connectivity index (χ4n) is 0.956. The zero-order valence-corrected chi connectivity index (χ0v) is 8.89. The number of aromatic nitrogens is 1. The van der Waals surface area contributed by atoms with Gasteiger partial charge in [0, 0.05) is 6.07 Å². The maximum atomic E-state index is 11.0. The van der Waals surface area contributed by atoms with Crippen LogP contribution in [0, 0.1) is 0 Å². The van der Waals surface area contributed by atoms with E-state index in [-0.39, 0.29) is 21.6 Å². The predicted octanol–water partition coefficient (Wildman–Crippen LogP) is 1.89. The van der Waals surface area contributed by atoms with Gasteiger partial charge in [0.15, 0.2) is 0 Å². The van der Waals surface area contributed by atoms with Crippen LogP contribution in [-0.2, 0) is 0 Å². The van der Waals surface area contributed by atoms with Crippen LogP contribution >= 0.6 is 23.2 Å². The van der Waals surface area contributed by atoms with Gasteiger partial charge in [0.1, 0.15) is 21.6 Å². The summed E-state index contributed by atoms with van der Waals surface area (Å²) in [6, 6.07) is 1.40. The lowest BCUT2D eigenvalue weighted by molar-refractivity contribution is 0.0996. The van der Waals surface area contributed by atoms with Crippen LogP contribution in [-0.4, -0.2) is 17.5 Å². The van der Waals surface area contributed by atoms with Gasteiger partial charge in [0.05, 0.1) is 6.61 Å². The third-order valence-corrected chi connectivity index (χ3v) is 1.92. The number of carbonyl (C=O) groups is 1. The summed E-state index contributed by atoms with van der Waals surface area (Å²) in [6.07, 6.45) is 0. The highest BCUT2D eigenvalue weighted by molar-refractivity contribution is 6.35. The van der Waals surface area contributed by atoms with Gasteiger partial charge < -0.3 is 10.5 Å². The first-order valence-electron chi connectivity index (χ1n) is 3.85. The van der Waals surface area contributed by atoms with E-state index in [1.807, 2.05) is 0 Å². The van der Waals surface area contributed by atoms with E-state index in [1.54, 1.807) is 6.92 Å². The predicted molar refractivity (Wildman–Crippen MR) is 53.9 cm³/mol. The number of nitrogens with zero attached hydrogens (tertiary/aromatic N) is 1. The Morgan fingerprint density at radius 3 is 2.79 bits per heavy atom. The monoisotopic (exact) mass is 234 g/mol. The maximum absolute atomic E-state index is 11.0. The smallest absolute Gasteiger partial charge is 0.255 e. The molecule has 76 valence electrons. The second-order valence-corrected chi connectivity index (χ2v) is 3.15. The molecule has 0 aliphatic carbocycles. The van der Waals surface area contributed by atoms with Crippen LogP contribution in [0.4, 0.5) is 0 Å². The summed E-state index contributed by atoms with van der Waals surface area (Å²) >= 11 is 11.3. The zero-order chi connectivity index (χ0) is 10.7. The number of ether oxygens (including phenoxy) is 1. The minimum absolute atomic E-state index is 0.0477. The number of primary amides is 1. The lowest BCUT2D eigenvalue weighted by Crippen LogP contribution is -2.14. The van der Waals surface area contributed by atoms with Crippen molar-refractivity contribution in [3.8, 4) is 5.75 Å². The van der Waals surface area contributed by atoms with Crippen LogP contribution in [0.25, 0.3) is 0 Å². The molecule has 0 aromatic carbocycles. The minimum Gasteiger partial charge on any atom is -0.493 e. The van der Waals surface area contributed by atoms with E-state index in [9.17, 15) is 4.79 Å². The number of hydrogen-bond donors (Lipinski definition) is 1. The highest BCUT2D eigenvalue weighted by atomic mass is 35.5. The molecule has 14 heavy (non-hydrogen) atoms. The van der Waals surface area contributed by atoms with Crippen molar-refractivity contribution in [3.63, 3.8) is 0 Å². The van der Waals surface area contributed by atoms with Gasteiger partial charge in [0.25, 0.3) is 5.91 Å². The Bertz CT molecular complexity index is 369. The normalized spacial score (nSPS) is 9.93. The molecule has 0 fully saturated rings. The van der Waals surface area contributed by atoms with Crippen LogP contribution < -0.4 is 10.5 Å². The number of amides is 1. The second kappa shape index (κ2) is 4.48. The Hall–Kier alpha value is -1.00. The van der Waals surface area contributed by atoms with Gasteiger partial charge in [-0.1, -0.05) is 23.2 Å². The third kappa shape index (κ3) is 2.27. The van der Waals surface area contributed by atoms with Crippen LogP contribution in [0.3, 0.4) is 0 Å². The molecule has 1 aromatic rings. The molecule has 6 heteroatoms. The summed E-state index contributed by atoms with van der Waals surface area (Å²) < 4.78 is 5.15. The molecule has 1 heterocycles. The van der Waals surface area contributed by atoms with Crippen molar-refractivity contribution in [2.24, 2.45) is 5.73 Å². The first-order valence-corrected chi connectivity index (χ1v) is 4.60. The molecule has 0 aliphatic rings. The highest BCUT2D eigenvalue weighted by Crippen LogP contribution is 2.27. The fourth-order valence-corrected chi connectivity index (χ4v) is 1.46. The number of nitrogens with two attached hydrogens (primary N) is 1. The van der Waals surface area contributed by atoms with Crippen molar-refractivity contribution in [2.45, 2.75) is 6.92 Å². The van der Waals surface area contributed by atoms with E-state index >= 15 is 0 Å². The van der Waals surface area contributed by atoms with Gasteiger partial charge in [-0.25, -0.2) is 4.98 Å². The van der Waals surface area contributed by atoms with E-state index in [1.165, 1.54) is 6.07 Å². The van der Waals surface area contributed by atoms with Crippen LogP contribution in [0.1, 0.15) is 17.3 Å². The molecule has 4 nitrogen and oxygen atoms in total. The van der Waals surface area contributed by atoms with E-state index in [0.717, 1.165) is 0 Å². The summed E-state index contributed by atoms with van der Waals surface area (Å²) in [5, 5.41) is 0.108. The van der Waals surface area contributed by atoms with Crippen molar-refractivity contribution in [1.82, 2.24) is 4.98 Å². The summed E-state index contributed by atoms with van der Waals surface area (Å²) in [7, 11) is 0. The summed E-state index contributed by atoms with van der Waals surface area (Å²) in [5.41, 5.74) is 5.16. The Balaban J connectivity index is 3.28. The van der Waals surface area contributed by atoms with Gasteiger partial charge in [-0.2, -0.15) is 0 Å². The molecule has 1 rings (SSSR count). The average molecular weight is 235 g/mol. The molecule has 2 N–H and O–H groups in total. The quantitative estimate of drug-likeness (QED) is 0.813. The van der Waals surface area contributed by atoms with Crippen LogP contribution in [0.5, 0.6) is 5.75 Å². The largest absolute Gasteiger partial charge is 0.493 e. The summed E-state index contributed by atoms with van der Waals surface area (Å²) in [6.45, 7) is 2.16. The second-order valence-electron chi connectivity index (χ2n) is 2.41. The van der Waals surface area contributed by atoms with E-state index < -0.39 is 5.91 Å². The van der Waals surface area contributed by atoms with E-state index in [0.29, 0.717) is 6.61 Å². The molecule has 1 amide bonds. The number of carbonyl (C=O) groups excluding carboxylic acids is 1. The molecule has 0 aliphatic heterocycles. The van der Waals surface area contributed by atoms with Crippen molar-refractivity contribution in [3.05, 3.63) is 21.9 Å². The molecular weight excluding hydrogens is 227 g/mol. The van der Waals surface area contributed by atoms with Crippen molar-refractivity contribution < 1.29 is 9.53 Å². The topological polar surface area (TPSA) is 65.2 Å². The first-order chi connectivity index (χ1) is 6.56. The molecule has 0 bridgehead atoms. The first kappa shape index (κ1) is 11.1. The minimum atomic E-state index is -0.692. The molecule has 0 saturated heterocycles. The standard InChI is InChI=1S/C8H8Cl2N2O2/c1-2-14-4-3-5(9)12-7(10)6(4)8(11)13/h3H,2H2,1H3,(H2,11,13). The number of halogens is 2. The van der Waals surface area contributed by atoms with Gasteiger partial charge in [-0.3, -0.25) is 4.79 Å². The molecule has 0 saturated carbocycles. The van der Waals surface area contributed by atoms with Gasteiger partial charge in [0.2, 0.25) is 0 Å². The van der Waals surface area contributed by atoms with Crippen LogP contribution in [0.2, 0.25) is 10.3 Å². The van der Waals surface area contributed by atoms with Gasteiger partial charge >= 0.3 is 0 Å². The summed E-state index contributed by atoms with van der Waals surface area (Å²) in [4.78, 5) is 14.7. The number of rotatable bonds is 3. The maximum Gasteiger partial charge on any atom is 0.255 e. The van der Waals surface area contributed by atoms with E-state index in [4.69, 9.17) is 33.7 Å². The number of pyridine rings is 1. The Labute approximate surface area is 91.0 Å². The van der Waals surface area contributed by atoms with Crippen molar-refractivity contribution in [1.29, 1.82) is 0 Å². The molecular formula is C8H8Cl2N2O2. The van der Waals surface area contributed by atoms with Crippen LogP contribution in [0.15, 0.2) is 6.07 Å². The lowest BCUT2D eigenvalue weighted by Gasteiger charge is -2.08. The third-order valence-electron chi connectivity index (χ3n) is 1.45. The molecule has 0 radical (unpaired) electrons. The molecule has 0 atom stereocenters. The number of hydrogen-bond acceptors (Lipinski definition) is 3. The highest BCUT2D eigenvalue weighted by Gasteiger charge is 2.16. The molecule has 1 aromatic heterocycles. The SMILES string of the molecule is CCOc1cc(Cl)nc(Cl)c1C(N)=O. The fraction of sp³-hybridized carbons (Fsp3) is 0.250. The molecule has 0 spiro atoms. The zero-order valence-electron chi connectivity index (χ0n) is 7.38. The summed E-state index contributed by atoms with van der Waals surface area (Å²) in [5.74, 6) is -0.437. The van der Waals surface area contributed by atoms with Gasteiger partial charge in [-0.05, 0) is 6.92 Å². The average Bonchev–Trinajstić information content (AvgIpc) is 2.01. The Kier molecular flexibility index (Phi) is 3.55. The Morgan fingerprint density at radius 1 is 1.64 bits per heavy atom. The van der Waals surface area contributed by atoms with E-state index in [2.05, 4.69) is 4.98 Å². The van der Waals surface area contributed by atoms with Crippen molar-refractivity contribution in [2.75, 3.05) is 6.61 Å². The lowest BCUT2D eigenvalue weighted by atomic mass is 10.2. The van der Waals surface area contributed by atoms with Crippen molar-refractivity contribution >= 4 is 29.1 Å². The molecule has 0 unspecified atom stereocenters.